The fourth-order valence-electron chi connectivity index (χ4n) is 35.1. The first-order valence-electron chi connectivity index (χ1n) is 50.0. The molecule has 710 valence electrons. The summed E-state index contributed by atoms with van der Waals surface area (Å²) >= 11 is 0. The minimum Gasteiger partial charge on any atom is -0.870 e. The summed E-state index contributed by atoms with van der Waals surface area (Å²) < 4.78 is 17.6. The number of aliphatic hydroxyl groups is 6. The van der Waals surface area contributed by atoms with Gasteiger partial charge in [0.25, 0.3) is 0 Å². The van der Waals surface area contributed by atoms with Gasteiger partial charge in [-0.3, -0.25) is 43.2 Å². The third-order valence-corrected chi connectivity index (χ3v) is 41.9. The minimum atomic E-state index is -0.792. The molecule has 16 rings (SSSR count). The van der Waals surface area contributed by atoms with Crippen LogP contribution in [0.15, 0.2) is 0 Å². The van der Waals surface area contributed by atoms with E-state index >= 15 is 0 Å². The Morgan fingerprint density at radius 1 is 0.421 bits per heavy atom. The van der Waals surface area contributed by atoms with Gasteiger partial charge in [-0.05, 0) is 349 Å². The van der Waals surface area contributed by atoms with E-state index in [0.717, 1.165) is 141 Å². The second-order valence-electron chi connectivity index (χ2n) is 47.2. The Bertz CT molecular complexity index is 3760. The molecule has 0 radical (unpaired) electrons. The van der Waals surface area contributed by atoms with Crippen LogP contribution in [-0.4, -0.2) is 160 Å². The molecule has 0 bridgehead atoms. The van der Waals surface area contributed by atoms with Crippen LogP contribution in [-0.2, 0) is 57.4 Å². The number of carboxylic acids is 3. The van der Waals surface area contributed by atoms with Gasteiger partial charge in [0.2, 0.25) is 0 Å². The number of carbonyl (C=O) groups is 9. The van der Waals surface area contributed by atoms with Gasteiger partial charge in [-0.1, -0.05) is 96.4 Å². The first-order valence-corrected chi connectivity index (χ1v) is 50.0. The summed E-state index contributed by atoms with van der Waals surface area (Å²) in [4.78, 5) is 109. The number of aliphatic carboxylic acids is 3. The van der Waals surface area contributed by atoms with E-state index in [1.54, 1.807) is 6.92 Å². The van der Waals surface area contributed by atoms with Crippen LogP contribution in [0.5, 0.6) is 0 Å². The Kier molecular flexibility index (Phi) is 32.6. The quantitative estimate of drug-likeness (QED) is 0.0329. The van der Waals surface area contributed by atoms with Gasteiger partial charge in [-0.15, -0.1) is 0 Å². The van der Waals surface area contributed by atoms with Crippen molar-refractivity contribution in [3.05, 3.63) is 0 Å². The van der Waals surface area contributed by atoms with Gasteiger partial charge < -0.3 is 65.6 Å². The summed E-state index contributed by atoms with van der Waals surface area (Å²) in [6.07, 6.45) is 25.8. The van der Waals surface area contributed by atoms with E-state index in [0.29, 0.717) is 141 Å². The van der Waals surface area contributed by atoms with Gasteiger partial charge in [0, 0.05) is 87.9 Å². The van der Waals surface area contributed by atoms with E-state index in [4.69, 9.17) is 29.5 Å². The summed E-state index contributed by atoms with van der Waals surface area (Å²) in [7, 11) is 0. The molecular weight excluding hydrogens is 1610 g/mol. The maximum absolute atomic E-state index is 13.6. The number of hydrogen-bond donors (Lipinski definition) is 9. The SMILES string of the molecule is CCOC(=O)CC[C@@H](C)[C@H]1CC[C@H]2[C@@H]3[C@H](OC(C)=O)C[C@@H]4C[C@H](C)CC[C@]4(C)[C@H]3C[C@@H](OC(C)=O)[C@]12C.C[C@H](CCC(=O)O)[C@H]1CC[C@H]2[C@@H]3C(=O)C[C@@H]4CC(=O)CC[C@]4(C)[C@H]3CC(=O)[C@]12C.C[C@H](CCC(=O)O)[C@H]1CC[C@H]2[C@@H]3[C@H](O)C[C@@H]4C[C@H](O)CC[C@]4(C)[C@H]3C[C@@H](O)[C@]12C.C[C@H](CCC(=O)O)[C@H]1CC[C@H]2[C@@H]3[C@H](O)C[C@@H]4C[C@H](O)CC[C@]4(C)[C@H]3C[C@H](O)[C@]12C.[Na+].[OH-]. The largest absolute Gasteiger partial charge is 1.00 e. The van der Waals surface area contributed by atoms with E-state index in [-0.39, 0.29) is 229 Å². The number of carbonyl (C=O) groups excluding carboxylic acids is 6. The maximum Gasteiger partial charge on any atom is 1.00 e. The maximum atomic E-state index is 13.6. The monoisotopic (exact) mass is 1780 g/mol. The van der Waals surface area contributed by atoms with Crippen LogP contribution in [0.2, 0.25) is 0 Å². The first-order chi connectivity index (χ1) is 58.2. The van der Waals surface area contributed by atoms with E-state index in [1.165, 1.54) is 26.2 Å². The zero-order chi connectivity index (χ0) is 90.5. The number of ketones is 3. The van der Waals surface area contributed by atoms with Gasteiger partial charge in [0.1, 0.15) is 29.6 Å². The van der Waals surface area contributed by atoms with Crippen molar-refractivity contribution >= 4 is 53.2 Å². The van der Waals surface area contributed by atoms with Crippen LogP contribution in [0.3, 0.4) is 0 Å². The van der Waals surface area contributed by atoms with Crippen molar-refractivity contribution in [2.75, 3.05) is 6.61 Å². The average molecular weight is 1780 g/mol. The average Bonchev–Trinajstić information content (AvgIpc) is 1.38. The summed E-state index contributed by atoms with van der Waals surface area (Å²) in [5.74, 6) is 4.86. The van der Waals surface area contributed by atoms with Crippen molar-refractivity contribution in [3.8, 4) is 0 Å². The molecule has 0 heterocycles. The molecule has 10 N–H and O–H groups in total. The molecule has 16 aliphatic rings. The molecule has 0 aliphatic heterocycles. The number of Topliss-reactive ketones (excluding diaryl/α,β-unsaturated/α-hetero) is 3. The fourth-order valence-corrected chi connectivity index (χ4v) is 35.1. The van der Waals surface area contributed by atoms with E-state index < -0.39 is 35.5 Å². The number of esters is 3. The van der Waals surface area contributed by atoms with Crippen LogP contribution in [0.4, 0.5) is 0 Å². The zero-order valence-corrected chi connectivity index (χ0v) is 82.1. The van der Waals surface area contributed by atoms with E-state index in [9.17, 15) is 73.8 Å². The molecule has 23 heteroatoms. The van der Waals surface area contributed by atoms with Crippen LogP contribution in [0, 0.1) is 191 Å². The summed E-state index contributed by atoms with van der Waals surface area (Å²) in [5, 5.41) is 93.1. The normalized spacial score (nSPS) is 47.6. The Labute approximate surface area is 775 Å². The molecule has 0 aromatic carbocycles. The van der Waals surface area contributed by atoms with Gasteiger partial charge in [0.15, 0.2) is 0 Å². The Hall–Kier alpha value is -3.45. The van der Waals surface area contributed by atoms with Gasteiger partial charge in [-0.25, -0.2) is 0 Å². The molecule has 16 saturated carbocycles. The molecule has 0 unspecified atom stereocenters. The molecule has 22 nitrogen and oxygen atoms in total. The first kappa shape index (κ1) is 103. The zero-order valence-electron chi connectivity index (χ0n) is 80.1. The van der Waals surface area contributed by atoms with Crippen molar-refractivity contribution in [1.29, 1.82) is 0 Å². The van der Waals surface area contributed by atoms with Crippen LogP contribution in [0.1, 0.15) is 342 Å². The van der Waals surface area contributed by atoms with Crippen molar-refractivity contribution in [1.82, 2.24) is 0 Å². The Balaban J connectivity index is 0.000000163. The van der Waals surface area contributed by atoms with Gasteiger partial charge >= 0.3 is 65.4 Å². The summed E-state index contributed by atoms with van der Waals surface area (Å²) in [6, 6.07) is 0. The van der Waals surface area contributed by atoms with Crippen LogP contribution in [0.25, 0.3) is 0 Å². The van der Waals surface area contributed by atoms with Crippen molar-refractivity contribution in [2.45, 2.75) is 391 Å². The molecule has 0 aromatic heterocycles. The van der Waals surface area contributed by atoms with E-state index in [1.807, 2.05) is 6.92 Å². The number of ether oxygens (including phenoxy) is 3. The smallest absolute Gasteiger partial charge is 0.870 e. The third-order valence-electron chi connectivity index (χ3n) is 41.9. The molecule has 0 spiro atoms. The molecule has 0 amide bonds. The molecule has 41 atom stereocenters. The topological polar surface area (TPSA) is 393 Å². The molecule has 0 aromatic rings. The summed E-state index contributed by atoms with van der Waals surface area (Å²) in [6.45, 7) is 34.6. The fraction of sp³-hybridized carbons (Fsp3) is 0.913. The van der Waals surface area contributed by atoms with Crippen LogP contribution < -0.4 is 29.6 Å². The van der Waals surface area contributed by atoms with Crippen LogP contribution >= 0.6 is 0 Å². The predicted molar refractivity (Wildman–Crippen MR) is 470 cm³/mol. The molecule has 16 aliphatic carbocycles. The minimum absolute atomic E-state index is 0. The number of carboxylic acid groups (broad SMARTS) is 3. The molecule has 16 fully saturated rings. The standard InChI is InChI=1S/C31H50O6.2C24H40O5.C24H34O5.Na.H2O/c1-8-35-28(34)12-9-19(3)23-10-11-24-29-25(17-27(31(23,24)7)37-21(5)33)30(6)14-13-18(2)15-22(30)16-26(29)36-20(4)32;3*1-13(4-7-21(28)29)16-5-6-17-22-18(12-20(27)24(16,17)3)23(2)9-8-15(25)10-14(23)11-19(22)26;;/h18-19,22-27,29H,8-17H2,1-7H3;2*13-20,22,25-27H,4-12H2,1-3H3,(H,28,29);13-14,16-18,22H,4-12H2,1-3H3,(H,28,29);;1H2/q;;;;+1;/p-1/t18-,19-,22+,23-,24+,25+,26-,27-,29+,30+,31-;13-,14+,15-,16-,17+,18+,19-,20+,22+,23+,24-;13-,14+,15-,16-,17+,18+,19-,20-,22+,23+,24-;13-,14+,16-,17+,18+,22+,23+,24-;;/m1111../s1. The van der Waals surface area contributed by atoms with E-state index in [2.05, 4.69) is 90.0 Å². The second-order valence-corrected chi connectivity index (χ2v) is 47.2. The molecular formula is C103H165NaO22. The third kappa shape index (κ3) is 18.7. The molecule has 0 saturated heterocycles. The molecule has 126 heavy (non-hydrogen) atoms. The van der Waals surface area contributed by atoms with Crippen molar-refractivity contribution in [2.24, 2.45) is 191 Å². The number of aliphatic hydroxyl groups excluding tert-OH is 6. The predicted octanol–water partition coefficient (Wildman–Crippen LogP) is 14.1. The van der Waals surface area contributed by atoms with Gasteiger partial charge in [-0.2, -0.15) is 0 Å². The number of fused-ring (bicyclic) bond motifs is 20. The van der Waals surface area contributed by atoms with Crippen molar-refractivity contribution in [3.63, 3.8) is 0 Å². The summed E-state index contributed by atoms with van der Waals surface area (Å²) in [5.41, 5.74) is -0.906. The number of rotatable bonds is 19. The number of hydrogen-bond acceptors (Lipinski definition) is 19. The Morgan fingerprint density at radius 2 is 0.825 bits per heavy atom. The van der Waals surface area contributed by atoms with Gasteiger partial charge in [0.05, 0.1) is 43.2 Å². The Morgan fingerprint density at radius 3 is 1.29 bits per heavy atom. The van der Waals surface area contributed by atoms with Crippen molar-refractivity contribution < 1.29 is 138 Å². The second kappa shape index (κ2) is 39.8.